The van der Waals surface area contributed by atoms with Crippen molar-refractivity contribution in [3.63, 3.8) is 0 Å². The molecule has 0 radical (unpaired) electrons. The van der Waals surface area contributed by atoms with Crippen molar-refractivity contribution in [2.75, 3.05) is 53.9 Å². The normalized spacial score (nSPS) is 28.2. The molecule has 0 saturated carbocycles. The van der Waals surface area contributed by atoms with E-state index in [9.17, 15) is 4.79 Å². The number of rotatable bonds is 5. The van der Waals surface area contributed by atoms with E-state index in [0.717, 1.165) is 32.5 Å². The molecule has 1 atom stereocenters. The van der Waals surface area contributed by atoms with Crippen molar-refractivity contribution in [1.82, 2.24) is 20.0 Å². The van der Waals surface area contributed by atoms with Gasteiger partial charge in [-0.25, -0.2) is 0 Å². The molecule has 2 aliphatic rings. The number of nitrogens with one attached hydrogen (secondary N) is 1. The van der Waals surface area contributed by atoms with Crippen molar-refractivity contribution in [2.45, 2.75) is 44.2 Å². The Kier molecular flexibility index (Phi) is 5.63. The highest BCUT2D eigenvalue weighted by atomic mass is 16.2. The molecule has 2 aliphatic heterocycles. The van der Waals surface area contributed by atoms with Gasteiger partial charge in [-0.05, 0) is 66.3 Å². The van der Waals surface area contributed by atoms with Gasteiger partial charge >= 0.3 is 0 Å². The predicted molar refractivity (Wildman–Crippen MR) is 86.4 cm³/mol. The minimum absolute atomic E-state index is 0.247. The van der Waals surface area contributed by atoms with Crippen molar-refractivity contribution in [3.05, 3.63) is 0 Å². The maximum Gasteiger partial charge on any atom is 0.242 e. The molecule has 2 rings (SSSR count). The molecule has 5 heteroatoms. The summed E-state index contributed by atoms with van der Waals surface area (Å²) in [6, 6.07) is 0.671. The standard InChI is InChI=1S/C16H32N4O/c1-16(8-5-9-17-16)15(21)20(4)13-12-19(3)14-6-10-18(2)11-7-14/h14,17H,5-13H2,1-4H3. The Balaban J connectivity index is 1.75. The van der Waals surface area contributed by atoms with Gasteiger partial charge in [0.15, 0.2) is 0 Å². The van der Waals surface area contributed by atoms with Crippen molar-refractivity contribution in [1.29, 1.82) is 0 Å². The SMILES string of the molecule is CN1CCC(N(C)CCN(C)C(=O)C2(C)CCCN2)CC1. The lowest BCUT2D eigenvalue weighted by Gasteiger charge is -2.36. The molecule has 122 valence electrons. The lowest BCUT2D eigenvalue weighted by Crippen LogP contribution is -2.53. The lowest BCUT2D eigenvalue weighted by molar-refractivity contribution is -0.136. The van der Waals surface area contributed by atoms with Gasteiger partial charge in [0.05, 0.1) is 5.54 Å². The topological polar surface area (TPSA) is 38.8 Å². The van der Waals surface area contributed by atoms with E-state index in [0.29, 0.717) is 6.04 Å². The van der Waals surface area contributed by atoms with Crippen molar-refractivity contribution in [3.8, 4) is 0 Å². The molecule has 21 heavy (non-hydrogen) atoms. The maximum absolute atomic E-state index is 12.5. The number of amides is 1. The Labute approximate surface area is 129 Å². The molecular weight excluding hydrogens is 264 g/mol. The number of piperidine rings is 1. The second-order valence-electron chi connectivity index (χ2n) is 7.10. The van der Waals surface area contributed by atoms with Crippen LogP contribution in [0.3, 0.4) is 0 Å². The maximum atomic E-state index is 12.5. The van der Waals surface area contributed by atoms with E-state index in [2.05, 4.69) is 29.2 Å². The zero-order chi connectivity index (χ0) is 15.5. The number of carbonyl (C=O) groups excluding carboxylic acids is 1. The molecule has 1 amide bonds. The largest absolute Gasteiger partial charge is 0.343 e. The number of hydrogen-bond donors (Lipinski definition) is 1. The molecule has 0 aromatic rings. The van der Waals surface area contributed by atoms with Crippen LogP contribution in [0.5, 0.6) is 0 Å². The summed E-state index contributed by atoms with van der Waals surface area (Å²) in [4.78, 5) is 19.3. The molecule has 0 aromatic heterocycles. The minimum Gasteiger partial charge on any atom is -0.343 e. The van der Waals surface area contributed by atoms with Crippen LogP contribution in [0.15, 0.2) is 0 Å². The summed E-state index contributed by atoms with van der Waals surface area (Å²) in [6.45, 7) is 7.16. The highest BCUT2D eigenvalue weighted by Gasteiger charge is 2.37. The van der Waals surface area contributed by atoms with Crippen LogP contribution >= 0.6 is 0 Å². The average Bonchev–Trinajstić information content (AvgIpc) is 2.92. The molecule has 0 bridgehead atoms. The van der Waals surface area contributed by atoms with Crippen molar-refractivity contribution in [2.24, 2.45) is 0 Å². The Morgan fingerprint density at radius 3 is 2.52 bits per heavy atom. The van der Waals surface area contributed by atoms with Gasteiger partial charge in [-0.15, -0.1) is 0 Å². The molecule has 1 N–H and O–H groups in total. The second-order valence-corrected chi connectivity index (χ2v) is 7.10. The molecule has 5 nitrogen and oxygen atoms in total. The summed E-state index contributed by atoms with van der Waals surface area (Å²) in [6.07, 6.45) is 4.54. The smallest absolute Gasteiger partial charge is 0.242 e. The average molecular weight is 296 g/mol. The second kappa shape index (κ2) is 7.07. The number of nitrogens with zero attached hydrogens (tertiary/aromatic N) is 3. The molecule has 2 fully saturated rings. The minimum atomic E-state index is -0.332. The number of likely N-dealkylation sites (tertiary alicyclic amines) is 1. The predicted octanol–water partition coefficient (Wildman–Crippen LogP) is 0.613. The Bertz CT molecular complexity index is 346. The summed E-state index contributed by atoms with van der Waals surface area (Å²) < 4.78 is 0. The zero-order valence-corrected chi connectivity index (χ0v) is 14.2. The molecular formula is C16H32N4O. The van der Waals surface area contributed by atoms with Gasteiger partial charge in [0.25, 0.3) is 0 Å². The first-order valence-corrected chi connectivity index (χ1v) is 8.32. The van der Waals surface area contributed by atoms with Gasteiger partial charge in [0.2, 0.25) is 5.91 Å². The third kappa shape index (κ3) is 4.18. The van der Waals surface area contributed by atoms with Crippen LogP contribution in [-0.4, -0.2) is 86.1 Å². The fraction of sp³-hybridized carbons (Fsp3) is 0.938. The molecule has 2 saturated heterocycles. The lowest BCUT2D eigenvalue weighted by atomic mass is 9.98. The van der Waals surface area contributed by atoms with E-state index in [1.54, 1.807) is 0 Å². The van der Waals surface area contributed by atoms with Gasteiger partial charge in [0.1, 0.15) is 0 Å². The van der Waals surface area contributed by atoms with Crippen LogP contribution in [0.4, 0.5) is 0 Å². The fourth-order valence-corrected chi connectivity index (χ4v) is 3.53. The zero-order valence-electron chi connectivity index (χ0n) is 14.2. The van der Waals surface area contributed by atoms with E-state index < -0.39 is 0 Å². The van der Waals surface area contributed by atoms with Gasteiger partial charge in [0, 0.05) is 26.2 Å². The van der Waals surface area contributed by atoms with Gasteiger partial charge in [-0.3, -0.25) is 4.79 Å². The quantitative estimate of drug-likeness (QED) is 0.807. The molecule has 0 aromatic carbocycles. The number of likely N-dealkylation sites (N-methyl/N-ethyl adjacent to an activating group) is 2. The van der Waals surface area contributed by atoms with Crippen molar-refractivity contribution >= 4 is 5.91 Å². The van der Waals surface area contributed by atoms with Gasteiger partial charge in [-0.1, -0.05) is 0 Å². The fourth-order valence-electron chi connectivity index (χ4n) is 3.53. The Morgan fingerprint density at radius 2 is 1.95 bits per heavy atom. The molecule has 2 heterocycles. The number of hydrogen-bond acceptors (Lipinski definition) is 4. The summed E-state index contributed by atoms with van der Waals surface area (Å²) in [5.74, 6) is 0.247. The first-order chi connectivity index (χ1) is 9.92. The van der Waals surface area contributed by atoms with E-state index in [1.807, 2.05) is 18.9 Å². The molecule has 0 spiro atoms. The first-order valence-electron chi connectivity index (χ1n) is 8.32. The van der Waals surface area contributed by atoms with E-state index >= 15 is 0 Å². The highest BCUT2D eigenvalue weighted by molar-refractivity contribution is 5.86. The van der Waals surface area contributed by atoms with Crippen LogP contribution in [0, 0.1) is 0 Å². The van der Waals surface area contributed by atoms with Crippen LogP contribution in [0.1, 0.15) is 32.6 Å². The summed E-state index contributed by atoms with van der Waals surface area (Å²) >= 11 is 0. The van der Waals surface area contributed by atoms with Gasteiger partial charge < -0.3 is 20.0 Å². The van der Waals surface area contributed by atoms with Crippen LogP contribution < -0.4 is 5.32 Å². The van der Waals surface area contributed by atoms with E-state index in [4.69, 9.17) is 0 Å². The van der Waals surface area contributed by atoms with Crippen LogP contribution in [0.2, 0.25) is 0 Å². The first kappa shape index (κ1) is 16.7. The van der Waals surface area contributed by atoms with Crippen LogP contribution in [0.25, 0.3) is 0 Å². The van der Waals surface area contributed by atoms with E-state index in [1.165, 1.54) is 25.9 Å². The third-order valence-electron chi connectivity index (χ3n) is 5.29. The summed E-state index contributed by atoms with van der Waals surface area (Å²) in [7, 11) is 6.33. The Hall–Kier alpha value is -0.650. The third-order valence-corrected chi connectivity index (χ3v) is 5.29. The Morgan fingerprint density at radius 1 is 1.29 bits per heavy atom. The number of carbonyl (C=O) groups is 1. The monoisotopic (exact) mass is 296 g/mol. The highest BCUT2D eigenvalue weighted by Crippen LogP contribution is 2.21. The molecule has 1 unspecified atom stereocenters. The van der Waals surface area contributed by atoms with Gasteiger partial charge in [-0.2, -0.15) is 0 Å². The summed E-state index contributed by atoms with van der Waals surface area (Å²) in [5, 5.41) is 3.36. The van der Waals surface area contributed by atoms with Crippen molar-refractivity contribution < 1.29 is 4.79 Å². The summed E-state index contributed by atoms with van der Waals surface area (Å²) in [5.41, 5.74) is -0.332. The molecule has 0 aliphatic carbocycles. The van der Waals surface area contributed by atoms with Crippen LogP contribution in [-0.2, 0) is 4.79 Å². The van der Waals surface area contributed by atoms with E-state index in [-0.39, 0.29) is 11.4 Å².